The standard InChI is InChI=1S/C14H14ClN3/c1-2-11-5-8-13(18-14(11)16)17-9-10-3-6-12(15)7-4-10/h2-8H,1,9H2,(H3,16,17,18). The molecule has 18 heavy (non-hydrogen) atoms. The number of nitrogens with zero attached hydrogens (tertiary/aromatic N) is 1. The van der Waals surface area contributed by atoms with Crippen LogP contribution < -0.4 is 11.1 Å². The van der Waals surface area contributed by atoms with Crippen molar-refractivity contribution in [2.24, 2.45) is 0 Å². The van der Waals surface area contributed by atoms with E-state index in [9.17, 15) is 0 Å². The molecule has 0 saturated carbocycles. The van der Waals surface area contributed by atoms with Gasteiger partial charge in [0, 0.05) is 17.1 Å². The van der Waals surface area contributed by atoms with Gasteiger partial charge in [0.2, 0.25) is 0 Å². The molecule has 3 nitrogen and oxygen atoms in total. The topological polar surface area (TPSA) is 50.9 Å². The Morgan fingerprint density at radius 3 is 2.56 bits per heavy atom. The molecule has 92 valence electrons. The lowest BCUT2D eigenvalue weighted by Crippen LogP contribution is -2.03. The van der Waals surface area contributed by atoms with E-state index in [1.54, 1.807) is 6.08 Å². The summed E-state index contributed by atoms with van der Waals surface area (Å²) in [5.74, 6) is 1.22. The monoisotopic (exact) mass is 259 g/mol. The molecule has 0 fully saturated rings. The van der Waals surface area contributed by atoms with Gasteiger partial charge in [-0.1, -0.05) is 36.4 Å². The summed E-state index contributed by atoms with van der Waals surface area (Å²) in [6.07, 6.45) is 1.69. The van der Waals surface area contributed by atoms with Crippen LogP contribution in [0.2, 0.25) is 5.02 Å². The molecule has 0 spiro atoms. The third kappa shape index (κ3) is 3.02. The molecule has 1 aromatic carbocycles. The smallest absolute Gasteiger partial charge is 0.133 e. The quantitative estimate of drug-likeness (QED) is 0.883. The van der Waals surface area contributed by atoms with E-state index in [-0.39, 0.29) is 0 Å². The zero-order valence-corrected chi connectivity index (χ0v) is 10.6. The van der Waals surface area contributed by atoms with Crippen molar-refractivity contribution < 1.29 is 0 Å². The Balaban J connectivity index is 2.04. The lowest BCUT2D eigenvalue weighted by molar-refractivity contribution is 1.11. The van der Waals surface area contributed by atoms with Crippen LogP contribution in [-0.2, 0) is 6.54 Å². The maximum absolute atomic E-state index is 5.82. The Morgan fingerprint density at radius 1 is 1.22 bits per heavy atom. The number of hydrogen-bond donors (Lipinski definition) is 2. The van der Waals surface area contributed by atoms with Gasteiger partial charge in [0.05, 0.1) is 0 Å². The van der Waals surface area contributed by atoms with Crippen molar-refractivity contribution in [1.29, 1.82) is 0 Å². The number of anilines is 2. The van der Waals surface area contributed by atoms with Gasteiger partial charge < -0.3 is 11.1 Å². The average Bonchev–Trinajstić information content (AvgIpc) is 2.38. The lowest BCUT2D eigenvalue weighted by Gasteiger charge is -2.07. The van der Waals surface area contributed by atoms with Crippen molar-refractivity contribution >= 4 is 29.3 Å². The summed E-state index contributed by atoms with van der Waals surface area (Å²) in [6, 6.07) is 11.4. The molecule has 0 saturated heterocycles. The molecular weight excluding hydrogens is 246 g/mol. The summed E-state index contributed by atoms with van der Waals surface area (Å²) in [4.78, 5) is 4.25. The number of benzene rings is 1. The Bertz CT molecular complexity index is 549. The fourth-order valence-electron chi connectivity index (χ4n) is 1.55. The first-order valence-electron chi connectivity index (χ1n) is 5.56. The van der Waals surface area contributed by atoms with Crippen LogP contribution in [-0.4, -0.2) is 4.98 Å². The molecule has 1 heterocycles. The Labute approximate surface area is 111 Å². The number of nitrogens with one attached hydrogen (secondary N) is 1. The summed E-state index contributed by atoms with van der Waals surface area (Å²) in [6.45, 7) is 4.35. The SMILES string of the molecule is C=Cc1ccc(NCc2ccc(Cl)cc2)nc1N. The van der Waals surface area contributed by atoms with Crippen LogP contribution in [0.25, 0.3) is 6.08 Å². The Hall–Kier alpha value is -2.00. The summed E-state index contributed by atoms with van der Waals surface area (Å²) in [5.41, 5.74) is 7.75. The average molecular weight is 260 g/mol. The van der Waals surface area contributed by atoms with E-state index in [1.165, 1.54) is 0 Å². The molecule has 0 aliphatic heterocycles. The van der Waals surface area contributed by atoms with E-state index in [4.69, 9.17) is 17.3 Å². The molecule has 2 rings (SSSR count). The van der Waals surface area contributed by atoms with Crippen LogP contribution in [0.15, 0.2) is 43.0 Å². The van der Waals surface area contributed by atoms with Crippen molar-refractivity contribution in [3.05, 3.63) is 59.1 Å². The second-order valence-electron chi connectivity index (χ2n) is 3.86. The highest BCUT2D eigenvalue weighted by atomic mass is 35.5. The fraction of sp³-hybridized carbons (Fsp3) is 0.0714. The van der Waals surface area contributed by atoms with Gasteiger partial charge in [-0.3, -0.25) is 0 Å². The molecular formula is C14H14ClN3. The van der Waals surface area contributed by atoms with Gasteiger partial charge in [0.1, 0.15) is 11.6 Å². The van der Waals surface area contributed by atoms with Crippen LogP contribution in [0.3, 0.4) is 0 Å². The van der Waals surface area contributed by atoms with Gasteiger partial charge in [-0.15, -0.1) is 0 Å². The van der Waals surface area contributed by atoms with Gasteiger partial charge in [-0.05, 0) is 29.8 Å². The number of hydrogen-bond acceptors (Lipinski definition) is 3. The molecule has 1 aromatic heterocycles. The molecule has 0 aliphatic rings. The molecule has 0 bridgehead atoms. The first kappa shape index (κ1) is 12.5. The minimum absolute atomic E-state index is 0.478. The van der Waals surface area contributed by atoms with E-state index in [2.05, 4.69) is 16.9 Å². The fourth-order valence-corrected chi connectivity index (χ4v) is 1.68. The van der Waals surface area contributed by atoms with Crippen LogP contribution in [0, 0.1) is 0 Å². The third-order valence-electron chi connectivity index (χ3n) is 2.56. The normalized spacial score (nSPS) is 10.1. The van der Waals surface area contributed by atoms with Crippen molar-refractivity contribution in [3.63, 3.8) is 0 Å². The second kappa shape index (κ2) is 5.56. The third-order valence-corrected chi connectivity index (χ3v) is 2.82. The van der Waals surface area contributed by atoms with E-state index in [1.807, 2.05) is 36.4 Å². The van der Waals surface area contributed by atoms with Crippen LogP contribution in [0.1, 0.15) is 11.1 Å². The lowest BCUT2D eigenvalue weighted by atomic mass is 10.2. The molecule has 3 N–H and O–H groups in total. The maximum atomic E-state index is 5.82. The van der Waals surface area contributed by atoms with E-state index in [0.29, 0.717) is 12.4 Å². The highest BCUT2D eigenvalue weighted by Gasteiger charge is 1.99. The van der Waals surface area contributed by atoms with Crippen LogP contribution in [0.4, 0.5) is 11.6 Å². The summed E-state index contributed by atoms with van der Waals surface area (Å²) in [5, 5.41) is 3.94. The van der Waals surface area contributed by atoms with Crippen molar-refractivity contribution in [3.8, 4) is 0 Å². The predicted octanol–water partition coefficient (Wildman–Crippen LogP) is 3.57. The van der Waals surface area contributed by atoms with E-state index in [0.717, 1.165) is 22.0 Å². The highest BCUT2D eigenvalue weighted by Crippen LogP contribution is 2.15. The number of aromatic nitrogens is 1. The number of nitrogen functional groups attached to an aromatic ring is 1. The minimum Gasteiger partial charge on any atom is -0.383 e. The molecule has 2 aromatic rings. The zero-order valence-electron chi connectivity index (χ0n) is 9.86. The van der Waals surface area contributed by atoms with Crippen molar-refractivity contribution in [2.45, 2.75) is 6.54 Å². The number of pyridine rings is 1. The number of halogens is 1. The molecule has 0 amide bonds. The summed E-state index contributed by atoms with van der Waals surface area (Å²) >= 11 is 5.82. The predicted molar refractivity (Wildman–Crippen MR) is 77.5 cm³/mol. The zero-order chi connectivity index (χ0) is 13.0. The summed E-state index contributed by atoms with van der Waals surface area (Å²) in [7, 11) is 0. The minimum atomic E-state index is 0.478. The van der Waals surface area contributed by atoms with Crippen molar-refractivity contribution in [2.75, 3.05) is 11.1 Å². The second-order valence-corrected chi connectivity index (χ2v) is 4.29. The number of nitrogens with two attached hydrogens (primary N) is 1. The highest BCUT2D eigenvalue weighted by molar-refractivity contribution is 6.30. The molecule has 4 heteroatoms. The largest absolute Gasteiger partial charge is 0.383 e. The first-order valence-corrected chi connectivity index (χ1v) is 5.94. The number of rotatable bonds is 4. The Kier molecular flexibility index (Phi) is 3.85. The molecule has 0 aliphatic carbocycles. The van der Waals surface area contributed by atoms with Gasteiger partial charge in [-0.2, -0.15) is 0 Å². The summed E-state index contributed by atoms with van der Waals surface area (Å²) < 4.78 is 0. The molecule has 0 unspecified atom stereocenters. The maximum Gasteiger partial charge on any atom is 0.133 e. The van der Waals surface area contributed by atoms with Crippen LogP contribution >= 0.6 is 11.6 Å². The van der Waals surface area contributed by atoms with Gasteiger partial charge in [-0.25, -0.2) is 4.98 Å². The van der Waals surface area contributed by atoms with Gasteiger partial charge in [0.15, 0.2) is 0 Å². The van der Waals surface area contributed by atoms with Crippen molar-refractivity contribution in [1.82, 2.24) is 4.98 Å². The van der Waals surface area contributed by atoms with Crippen LogP contribution in [0.5, 0.6) is 0 Å². The molecule has 0 atom stereocenters. The van der Waals surface area contributed by atoms with Gasteiger partial charge >= 0.3 is 0 Å². The first-order chi connectivity index (χ1) is 8.69. The Morgan fingerprint density at radius 2 is 1.94 bits per heavy atom. The van der Waals surface area contributed by atoms with E-state index >= 15 is 0 Å². The van der Waals surface area contributed by atoms with E-state index < -0.39 is 0 Å². The van der Waals surface area contributed by atoms with Gasteiger partial charge in [0.25, 0.3) is 0 Å². The molecule has 0 radical (unpaired) electrons.